The van der Waals surface area contributed by atoms with E-state index in [9.17, 15) is 18.0 Å². The molecule has 4 rings (SSSR count). The van der Waals surface area contributed by atoms with E-state index in [1.165, 1.54) is 24.3 Å². The third-order valence-corrected chi connectivity index (χ3v) is 5.04. The maximum atomic E-state index is 12.8. The molecular formula is C22H12Cl2F3N3O3. The summed E-state index contributed by atoms with van der Waals surface area (Å²) in [5, 5.41) is 4.14. The van der Waals surface area contributed by atoms with Gasteiger partial charge in [0.15, 0.2) is 0 Å². The highest BCUT2D eigenvalue weighted by Crippen LogP contribution is 2.36. The fraction of sp³-hybridized carbons (Fsp3) is 0.0455. The minimum Gasteiger partial charge on any atom is -0.456 e. The van der Waals surface area contributed by atoms with Crippen molar-refractivity contribution in [3.05, 3.63) is 82.2 Å². The van der Waals surface area contributed by atoms with Crippen molar-refractivity contribution in [2.45, 2.75) is 6.18 Å². The largest absolute Gasteiger partial charge is 0.471 e. The molecule has 3 aromatic carbocycles. The lowest BCUT2D eigenvalue weighted by Crippen LogP contribution is -2.12. The van der Waals surface area contributed by atoms with Gasteiger partial charge in [-0.05, 0) is 59.7 Å². The van der Waals surface area contributed by atoms with Crippen molar-refractivity contribution in [2.75, 3.05) is 0 Å². The van der Waals surface area contributed by atoms with Crippen molar-refractivity contribution in [1.29, 1.82) is 0 Å². The molecule has 33 heavy (non-hydrogen) atoms. The number of hydrogen-bond donors (Lipinski definition) is 1. The zero-order valence-electron chi connectivity index (χ0n) is 16.4. The summed E-state index contributed by atoms with van der Waals surface area (Å²) in [6.45, 7) is 0. The SMILES string of the molecule is NC(=O)c1ccc(-c2noc(C(F)(F)F)n2)cc1-c1ccc(Oc2ccc(Cl)cc2)c(Cl)c1. The van der Waals surface area contributed by atoms with Gasteiger partial charge in [-0.1, -0.05) is 40.5 Å². The molecule has 0 aliphatic rings. The summed E-state index contributed by atoms with van der Waals surface area (Å²) < 4.78 is 48.4. The van der Waals surface area contributed by atoms with E-state index in [0.29, 0.717) is 27.6 Å². The van der Waals surface area contributed by atoms with Gasteiger partial charge in [-0.15, -0.1) is 0 Å². The number of hydrogen-bond acceptors (Lipinski definition) is 5. The molecule has 6 nitrogen and oxygen atoms in total. The average molecular weight is 494 g/mol. The van der Waals surface area contributed by atoms with Crippen molar-refractivity contribution in [3.63, 3.8) is 0 Å². The zero-order chi connectivity index (χ0) is 23.8. The Morgan fingerprint density at radius 3 is 2.27 bits per heavy atom. The summed E-state index contributed by atoms with van der Waals surface area (Å²) in [4.78, 5) is 15.3. The van der Waals surface area contributed by atoms with Crippen molar-refractivity contribution in [2.24, 2.45) is 5.73 Å². The molecule has 0 saturated carbocycles. The normalized spacial score (nSPS) is 11.4. The van der Waals surface area contributed by atoms with Crippen LogP contribution < -0.4 is 10.5 Å². The number of rotatable bonds is 5. The van der Waals surface area contributed by atoms with Crippen LogP contribution in [0.4, 0.5) is 13.2 Å². The van der Waals surface area contributed by atoms with Gasteiger partial charge in [0.05, 0.1) is 5.02 Å². The van der Waals surface area contributed by atoms with Crippen molar-refractivity contribution >= 4 is 29.1 Å². The van der Waals surface area contributed by atoms with Gasteiger partial charge in [-0.25, -0.2) is 0 Å². The zero-order valence-corrected chi connectivity index (χ0v) is 17.9. The maximum Gasteiger partial charge on any atom is 0.471 e. The Hall–Kier alpha value is -3.56. The summed E-state index contributed by atoms with van der Waals surface area (Å²) in [6, 6.07) is 15.6. The third kappa shape index (κ3) is 4.94. The summed E-state index contributed by atoms with van der Waals surface area (Å²) in [5.41, 5.74) is 6.58. The molecule has 2 N–H and O–H groups in total. The van der Waals surface area contributed by atoms with Gasteiger partial charge >= 0.3 is 12.1 Å². The monoisotopic (exact) mass is 493 g/mol. The molecule has 11 heteroatoms. The first-order chi connectivity index (χ1) is 15.6. The number of benzene rings is 3. The highest BCUT2D eigenvalue weighted by Gasteiger charge is 2.38. The minimum atomic E-state index is -4.78. The summed E-state index contributed by atoms with van der Waals surface area (Å²) >= 11 is 12.2. The third-order valence-electron chi connectivity index (χ3n) is 4.50. The van der Waals surface area contributed by atoms with Crippen LogP contribution in [-0.4, -0.2) is 16.0 Å². The second-order valence-electron chi connectivity index (χ2n) is 6.75. The van der Waals surface area contributed by atoms with E-state index in [1.54, 1.807) is 36.4 Å². The van der Waals surface area contributed by atoms with Crippen LogP contribution in [-0.2, 0) is 6.18 Å². The van der Waals surface area contributed by atoms with Gasteiger partial charge in [0.2, 0.25) is 11.7 Å². The fourth-order valence-electron chi connectivity index (χ4n) is 2.97. The molecule has 0 saturated heterocycles. The van der Waals surface area contributed by atoms with Crippen molar-refractivity contribution in [3.8, 4) is 34.0 Å². The lowest BCUT2D eigenvalue weighted by molar-refractivity contribution is -0.159. The smallest absolute Gasteiger partial charge is 0.456 e. The predicted octanol–water partition coefficient (Wildman–Crippen LogP) is 6.62. The molecule has 1 aromatic heterocycles. The number of nitrogens with zero attached hydrogens (tertiary/aromatic N) is 2. The van der Waals surface area contributed by atoms with E-state index < -0.39 is 18.0 Å². The second kappa shape index (κ2) is 8.76. The van der Waals surface area contributed by atoms with Crippen molar-refractivity contribution < 1.29 is 27.2 Å². The molecule has 4 aromatic rings. The Morgan fingerprint density at radius 1 is 0.970 bits per heavy atom. The first-order valence-electron chi connectivity index (χ1n) is 9.20. The molecule has 1 heterocycles. The average Bonchev–Trinajstić information content (AvgIpc) is 3.27. The van der Waals surface area contributed by atoms with Gasteiger partial charge in [0.1, 0.15) is 11.5 Å². The molecule has 0 radical (unpaired) electrons. The highest BCUT2D eigenvalue weighted by atomic mass is 35.5. The standard InChI is InChI=1S/C22H12Cl2F3N3O3/c23-13-3-5-14(6-4-13)32-18-8-2-11(10-17(18)24)16-9-12(1-7-15(16)19(28)31)20-29-21(33-30-20)22(25,26)27/h1-10H,(H2,28,31). The number of alkyl halides is 3. The first-order valence-corrected chi connectivity index (χ1v) is 9.96. The number of ether oxygens (including phenoxy) is 1. The summed E-state index contributed by atoms with van der Waals surface area (Å²) in [6.07, 6.45) is -4.78. The topological polar surface area (TPSA) is 91.2 Å². The Kier molecular flexibility index (Phi) is 6.01. The lowest BCUT2D eigenvalue weighted by atomic mass is 9.96. The number of carbonyl (C=O) groups is 1. The molecule has 0 bridgehead atoms. The fourth-order valence-corrected chi connectivity index (χ4v) is 3.32. The Bertz CT molecular complexity index is 1340. The number of amides is 1. The van der Waals surface area contributed by atoms with E-state index in [1.807, 2.05) is 0 Å². The summed E-state index contributed by atoms with van der Waals surface area (Å²) in [5.74, 6) is -1.67. The van der Waals surface area contributed by atoms with Crippen LogP contribution in [0.25, 0.3) is 22.5 Å². The Balaban J connectivity index is 1.71. The molecule has 0 aliphatic heterocycles. The van der Waals surface area contributed by atoms with Crippen LogP contribution >= 0.6 is 23.2 Å². The quantitative estimate of drug-likeness (QED) is 0.337. The van der Waals surface area contributed by atoms with Gasteiger partial charge < -0.3 is 15.0 Å². The molecule has 0 atom stereocenters. The number of carbonyl (C=O) groups excluding carboxylic acids is 1. The van der Waals surface area contributed by atoms with Crippen molar-refractivity contribution in [1.82, 2.24) is 10.1 Å². The number of aromatic nitrogens is 2. The number of halogens is 5. The van der Waals surface area contributed by atoms with Gasteiger partial charge in [0, 0.05) is 16.1 Å². The maximum absolute atomic E-state index is 12.8. The van der Waals surface area contributed by atoms with Crippen LogP contribution in [0.15, 0.2) is 65.2 Å². The van der Waals surface area contributed by atoms with E-state index in [2.05, 4.69) is 14.7 Å². The Labute approximate surface area is 194 Å². The molecule has 0 spiro atoms. The van der Waals surface area contributed by atoms with E-state index in [4.69, 9.17) is 33.7 Å². The van der Waals surface area contributed by atoms with Gasteiger partial charge in [-0.3, -0.25) is 4.79 Å². The van der Waals surface area contributed by atoms with Crippen LogP contribution in [0.2, 0.25) is 10.0 Å². The minimum absolute atomic E-state index is 0.126. The Morgan fingerprint density at radius 2 is 1.67 bits per heavy atom. The van der Waals surface area contributed by atoms with Crippen LogP contribution in [0.1, 0.15) is 16.2 Å². The molecule has 0 aliphatic carbocycles. The van der Waals surface area contributed by atoms with Crippen LogP contribution in [0.3, 0.4) is 0 Å². The van der Waals surface area contributed by atoms with E-state index in [-0.39, 0.29) is 22.0 Å². The molecule has 168 valence electrons. The van der Waals surface area contributed by atoms with Gasteiger partial charge in [-0.2, -0.15) is 18.2 Å². The van der Waals surface area contributed by atoms with Gasteiger partial charge in [0.25, 0.3) is 0 Å². The molecular weight excluding hydrogens is 482 g/mol. The summed E-state index contributed by atoms with van der Waals surface area (Å²) in [7, 11) is 0. The molecule has 0 fully saturated rings. The predicted molar refractivity (Wildman–Crippen MR) is 115 cm³/mol. The highest BCUT2D eigenvalue weighted by molar-refractivity contribution is 6.32. The first kappa shape index (κ1) is 22.6. The lowest BCUT2D eigenvalue weighted by Gasteiger charge is -2.12. The van der Waals surface area contributed by atoms with Crippen LogP contribution in [0, 0.1) is 0 Å². The number of nitrogens with two attached hydrogens (primary N) is 1. The van der Waals surface area contributed by atoms with E-state index >= 15 is 0 Å². The molecule has 1 amide bonds. The number of primary amides is 1. The van der Waals surface area contributed by atoms with E-state index in [0.717, 1.165) is 0 Å². The molecule has 0 unspecified atom stereocenters. The second-order valence-corrected chi connectivity index (χ2v) is 7.59. The van der Waals surface area contributed by atoms with Crippen LogP contribution in [0.5, 0.6) is 11.5 Å².